The van der Waals surface area contributed by atoms with Gasteiger partial charge < -0.3 is 14.2 Å². The molecule has 0 heterocycles. The summed E-state index contributed by atoms with van der Waals surface area (Å²) >= 11 is 0. The Morgan fingerprint density at radius 1 is 0.368 bits per heavy atom. The molecule has 0 radical (unpaired) electrons. The van der Waals surface area contributed by atoms with E-state index in [9.17, 15) is 14.4 Å². The van der Waals surface area contributed by atoms with Gasteiger partial charge in [0.05, 0.1) is 0 Å². The van der Waals surface area contributed by atoms with Gasteiger partial charge in [0.2, 0.25) is 0 Å². The number of carbonyl (C=O) groups excluding carboxylic acids is 3. The van der Waals surface area contributed by atoms with Crippen LogP contribution in [0.15, 0.2) is 60.8 Å². The number of hydrogen-bond acceptors (Lipinski definition) is 6. The first-order valence-corrected chi connectivity index (χ1v) is 23.8. The van der Waals surface area contributed by atoms with E-state index in [1.54, 1.807) is 0 Å². The van der Waals surface area contributed by atoms with E-state index in [4.69, 9.17) is 14.2 Å². The highest BCUT2D eigenvalue weighted by atomic mass is 16.6. The van der Waals surface area contributed by atoms with Crippen molar-refractivity contribution in [2.75, 3.05) is 13.2 Å². The Morgan fingerprint density at radius 2 is 0.719 bits per heavy atom. The summed E-state index contributed by atoms with van der Waals surface area (Å²) in [6, 6.07) is 0. The highest BCUT2D eigenvalue weighted by Crippen LogP contribution is 2.13. The predicted molar refractivity (Wildman–Crippen MR) is 242 cm³/mol. The Morgan fingerprint density at radius 3 is 1.18 bits per heavy atom. The van der Waals surface area contributed by atoms with Gasteiger partial charge >= 0.3 is 17.9 Å². The van der Waals surface area contributed by atoms with Gasteiger partial charge in [-0.2, -0.15) is 0 Å². The smallest absolute Gasteiger partial charge is 0.306 e. The van der Waals surface area contributed by atoms with Crippen LogP contribution in [0.25, 0.3) is 0 Å². The Kier molecular flexibility index (Phi) is 43.5. The predicted octanol–water partition coefficient (Wildman–Crippen LogP) is 15.3. The second-order valence-corrected chi connectivity index (χ2v) is 15.6. The summed E-state index contributed by atoms with van der Waals surface area (Å²) in [4.78, 5) is 37.7. The molecule has 0 amide bonds. The molecule has 0 aliphatic carbocycles. The third kappa shape index (κ3) is 44.1. The molecule has 6 nitrogen and oxygen atoms in total. The average molecular weight is 797 g/mol. The molecule has 0 rings (SSSR count). The molecule has 6 heteroatoms. The quantitative estimate of drug-likeness (QED) is 0.0265. The van der Waals surface area contributed by atoms with Crippen LogP contribution in [-0.4, -0.2) is 37.2 Å². The summed E-state index contributed by atoms with van der Waals surface area (Å²) in [6.45, 7) is 6.41. The number of unbranched alkanes of at least 4 members (excludes halogenated alkanes) is 21. The first-order chi connectivity index (χ1) is 28.0. The summed E-state index contributed by atoms with van der Waals surface area (Å²) in [5.41, 5.74) is 0. The molecule has 0 N–H and O–H groups in total. The van der Waals surface area contributed by atoms with Crippen LogP contribution in [0, 0.1) is 0 Å². The lowest BCUT2D eigenvalue weighted by Gasteiger charge is -2.18. The number of esters is 3. The molecular formula is C51H88O6. The second-order valence-electron chi connectivity index (χ2n) is 15.6. The van der Waals surface area contributed by atoms with Crippen LogP contribution in [0.1, 0.15) is 226 Å². The zero-order valence-electron chi connectivity index (χ0n) is 37.3. The fourth-order valence-corrected chi connectivity index (χ4v) is 6.41. The molecule has 0 aromatic heterocycles. The SMILES string of the molecule is CC/C=C\C/C=C\CCCCC(=O)OCC(COC(=O)CCCCCCCCC/C=C\CCCCCCCC)OC(=O)CC/C=C\C/C=C\CCCCCCCC. The van der Waals surface area contributed by atoms with Gasteiger partial charge in [-0.25, -0.2) is 0 Å². The maximum atomic E-state index is 12.7. The Balaban J connectivity index is 4.41. The zero-order chi connectivity index (χ0) is 41.5. The summed E-state index contributed by atoms with van der Waals surface area (Å²) in [5.74, 6) is -1.02. The third-order valence-corrected chi connectivity index (χ3v) is 9.99. The van der Waals surface area contributed by atoms with Crippen molar-refractivity contribution in [3.05, 3.63) is 60.8 Å². The van der Waals surface area contributed by atoms with Crippen molar-refractivity contribution in [1.29, 1.82) is 0 Å². The average Bonchev–Trinajstić information content (AvgIpc) is 3.21. The van der Waals surface area contributed by atoms with Crippen LogP contribution in [0.5, 0.6) is 0 Å². The number of rotatable bonds is 42. The number of carbonyl (C=O) groups is 3. The highest BCUT2D eigenvalue weighted by Gasteiger charge is 2.19. The lowest BCUT2D eigenvalue weighted by molar-refractivity contribution is -0.166. The van der Waals surface area contributed by atoms with Crippen LogP contribution in [0.4, 0.5) is 0 Å². The molecule has 0 spiro atoms. The Labute approximate surface area is 351 Å². The molecule has 0 bridgehead atoms. The van der Waals surface area contributed by atoms with Crippen molar-refractivity contribution in [1.82, 2.24) is 0 Å². The zero-order valence-corrected chi connectivity index (χ0v) is 37.3. The summed E-state index contributed by atoms with van der Waals surface area (Å²) < 4.78 is 16.6. The molecule has 0 saturated carbocycles. The molecule has 0 aliphatic heterocycles. The summed E-state index contributed by atoms with van der Waals surface area (Å²) in [6.07, 6.45) is 55.2. The van der Waals surface area contributed by atoms with Crippen molar-refractivity contribution in [2.24, 2.45) is 0 Å². The number of ether oxygens (including phenoxy) is 3. The van der Waals surface area contributed by atoms with Crippen molar-refractivity contribution < 1.29 is 28.6 Å². The maximum Gasteiger partial charge on any atom is 0.306 e. The lowest BCUT2D eigenvalue weighted by atomic mass is 10.1. The monoisotopic (exact) mass is 797 g/mol. The molecule has 57 heavy (non-hydrogen) atoms. The fraction of sp³-hybridized carbons (Fsp3) is 0.745. The molecule has 328 valence electrons. The Bertz CT molecular complexity index is 1050. The minimum absolute atomic E-state index is 0.109. The van der Waals surface area contributed by atoms with E-state index in [-0.39, 0.29) is 37.5 Å². The van der Waals surface area contributed by atoms with E-state index >= 15 is 0 Å². The van der Waals surface area contributed by atoms with Gasteiger partial charge in [-0.05, 0) is 89.9 Å². The molecule has 1 unspecified atom stereocenters. The minimum atomic E-state index is -0.816. The summed E-state index contributed by atoms with van der Waals surface area (Å²) in [7, 11) is 0. The number of hydrogen-bond donors (Lipinski definition) is 0. The van der Waals surface area contributed by atoms with E-state index in [0.29, 0.717) is 19.3 Å². The topological polar surface area (TPSA) is 78.9 Å². The van der Waals surface area contributed by atoms with Gasteiger partial charge in [0.25, 0.3) is 0 Å². The van der Waals surface area contributed by atoms with E-state index in [2.05, 4.69) is 75.5 Å². The largest absolute Gasteiger partial charge is 0.462 e. The fourth-order valence-electron chi connectivity index (χ4n) is 6.41. The molecular weight excluding hydrogens is 709 g/mol. The maximum absolute atomic E-state index is 12.7. The van der Waals surface area contributed by atoms with Gasteiger partial charge in [-0.3, -0.25) is 14.4 Å². The van der Waals surface area contributed by atoms with Crippen molar-refractivity contribution in [2.45, 2.75) is 232 Å². The molecule has 0 aromatic rings. The summed E-state index contributed by atoms with van der Waals surface area (Å²) in [5, 5.41) is 0. The van der Waals surface area contributed by atoms with Crippen LogP contribution < -0.4 is 0 Å². The standard InChI is InChI=1S/C51H88O6/c1-4-7-10-13-16-19-21-23-24-25-26-28-29-32-35-38-41-44-50(53)56-47-48(46-55-49(52)43-40-37-34-31-18-15-12-9-6-3)57-51(54)45-42-39-36-33-30-27-22-20-17-14-11-8-5-2/h9,12,18,23-24,27,30-31,36,39,48H,4-8,10-11,13-17,19-22,25-26,28-29,32-35,37-38,40-47H2,1-3H3/b12-9-,24-23-,30-27-,31-18-,39-36-. The molecule has 1 atom stereocenters. The van der Waals surface area contributed by atoms with E-state index in [0.717, 1.165) is 64.2 Å². The van der Waals surface area contributed by atoms with Crippen LogP contribution in [0.2, 0.25) is 0 Å². The van der Waals surface area contributed by atoms with Gasteiger partial charge in [-0.15, -0.1) is 0 Å². The van der Waals surface area contributed by atoms with Crippen molar-refractivity contribution >= 4 is 17.9 Å². The first-order valence-electron chi connectivity index (χ1n) is 23.8. The van der Waals surface area contributed by atoms with E-state index in [1.807, 2.05) is 6.08 Å². The third-order valence-electron chi connectivity index (χ3n) is 9.99. The van der Waals surface area contributed by atoms with Gasteiger partial charge in [-0.1, -0.05) is 178 Å². The lowest BCUT2D eigenvalue weighted by Crippen LogP contribution is -2.30. The molecule has 0 aliphatic rings. The van der Waals surface area contributed by atoms with Crippen LogP contribution in [-0.2, 0) is 28.6 Å². The van der Waals surface area contributed by atoms with E-state index in [1.165, 1.54) is 116 Å². The molecule has 0 aromatic carbocycles. The van der Waals surface area contributed by atoms with Gasteiger partial charge in [0.1, 0.15) is 13.2 Å². The second kappa shape index (κ2) is 45.8. The first kappa shape index (κ1) is 54.1. The minimum Gasteiger partial charge on any atom is -0.462 e. The highest BCUT2D eigenvalue weighted by molar-refractivity contribution is 5.71. The van der Waals surface area contributed by atoms with Crippen molar-refractivity contribution in [3.8, 4) is 0 Å². The van der Waals surface area contributed by atoms with E-state index < -0.39 is 6.10 Å². The molecule has 0 fully saturated rings. The normalized spacial score (nSPS) is 12.5. The van der Waals surface area contributed by atoms with Crippen LogP contribution >= 0.6 is 0 Å². The van der Waals surface area contributed by atoms with Gasteiger partial charge in [0, 0.05) is 19.3 Å². The van der Waals surface area contributed by atoms with Crippen molar-refractivity contribution in [3.63, 3.8) is 0 Å². The molecule has 0 saturated heterocycles. The number of allylic oxidation sites excluding steroid dienone is 10. The Hall–Kier alpha value is -2.89. The van der Waals surface area contributed by atoms with Crippen LogP contribution in [0.3, 0.4) is 0 Å². The van der Waals surface area contributed by atoms with Gasteiger partial charge in [0.15, 0.2) is 6.10 Å².